The van der Waals surface area contributed by atoms with Crippen molar-refractivity contribution in [1.29, 1.82) is 0 Å². The standard InChI is InChI=1S/C31H39BrO5SSi/c1-8-13-34-30-23-16-28-27(35-18-36-28)15-22(23)14-24(31(33)38-29-12-10-9-11-26(29)32)25(30)17-37-39(19(2)3,20(4)5)21(6)7/h8-12,14-16,19-21,25,30H,1,13,17-18H2,2-7H3/t25-,30-/m0/s1. The molecule has 1 heterocycles. The molecule has 2 atom stereocenters. The summed E-state index contributed by atoms with van der Waals surface area (Å²) >= 11 is 4.83. The highest BCUT2D eigenvalue weighted by molar-refractivity contribution is 9.10. The molecule has 8 heteroatoms. The van der Waals surface area contributed by atoms with Crippen LogP contribution in [0.1, 0.15) is 58.8 Å². The van der Waals surface area contributed by atoms with Crippen molar-refractivity contribution >= 4 is 47.2 Å². The average molecular weight is 632 g/mol. The molecule has 2 aromatic carbocycles. The van der Waals surface area contributed by atoms with Gasteiger partial charge in [-0.1, -0.05) is 59.8 Å². The second-order valence-electron chi connectivity index (χ2n) is 11.0. The minimum atomic E-state index is -2.20. The molecular formula is C31H39BrO5SSi. The van der Waals surface area contributed by atoms with Crippen molar-refractivity contribution in [3.05, 3.63) is 70.2 Å². The molecule has 0 N–H and O–H groups in total. The Morgan fingerprint density at radius 1 is 1.10 bits per heavy atom. The van der Waals surface area contributed by atoms with Crippen molar-refractivity contribution in [1.82, 2.24) is 0 Å². The van der Waals surface area contributed by atoms with Crippen LogP contribution in [0.4, 0.5) is 0 Å². The first-order valence-corrected chi connectivity index (χ1v) is 17.3. The molecule has 4 rings (SSSR count). The Labute approximate surface area is 246 Å². The van der Waals surface area contributed by atoms with Crippen LogP contribution < -0.4 is 9.47 Å². The van der Waals surface area contributed by atoms with Crippen molar-refractivity contribution in [2.75, 3.05) is 20.0 Å². The number of carbonyl (C=O) groups excluding carboxylic acids is 1. The summed E-state index contributed by atoms with van der Waals surface area (Å²) in [4.78, 5) is 14.9. The van der Waals surface area contributed by atoms with Crippen LogP contribution in [-0.4, -0.2) is 33.4 Å². The Bertz CT molecular complexity index is 1220. The molecule has 0 fully saturated rings. The number of carbonyl (C=O) groups is 1. The summed E-state index contributed by atoms with van der Waals surface area (Å²) in [5.41, 5.74) is 3.84. The van der Waals surface area contributed by atoms with Gasteiger partial charge in [-0.25, -0.2) is 0 Å². The van der Waals surface area contributed by atoms with Gasteiger partial charge >= 0.3 is 0 Å². The number of hydrogen-bond acceptors (Lipinski definition) is 6. The molecule has 39 heavy (non-hydrogen) atoms. The summed E-state index contributed by atoms with van der Waals surface area (Å²) in [5, 5.41) is -0.0167. The van der Waals surface area contributed by atoms with Gasteiger partial charge in [-0.05, 0) is 85.8 Å². The zero-order valence-electron chi connectivity index (χ0n) is 23.7. The van der Waals surface area contributed by atoms with E-state index in [0.717, 1.165) is 20.5 Å². The summed E-state index contributed by atoms with van der Waals surface area (Å²) in [6.07, 6.45) is 3.35. The van der Waals surface area contributed by atoms with E-state index in [9.17, 15) is 4.79 Å². The van der Waals surface area contributed by atoms with Gasteiger partial charge in [0.15, 0.2) is 19.8 Å². The van der Waals surface area contributed by atoms with Gasteiger partial charge in [0.2, 0.25) is 11.9 Å². The van der Waals surface area contributed by atoms with Crippen molar-refractivity contribution in [2.45, 2.75) is 69.2 Å². The van der Waals surface area contributed by atoms with Gasteiger partial charge in [-0.15, -0.1) is 6.58 Å². The van der Waals surface area contributed by atoms with Crippen LogP contribution in [0.15, 0.2) is 64.0 Å². The number of fused-ring (bicyclic) bond motifs is 2. The molecule has 2 aromatic rings. The monoisotopic (exact) mass is 630 g/mol. The third-order valence-corrected chi connectivity index (χ3v) is 15.9. The zero-order valence-corrected chi connectivity index (χ0v) is 27.1. The molecule has 210 valence electrons. The maximum atomic E-state index is 14.0. The van der Waals surface area contributed by atoms with Gasteiger partial charge in [-0.2, -0.15) is 0 Å². The number of benzene rings is 2. The van der Waals surface area contributed by atoms with Gasteiger partial charge in [0.25, 0.3) is 0 Å². The number of thioether (sulfide) groups is 1. The second kappa shape index (κ2) is 12.8. The average Bonchev–Trinajstić information content (AvgIpc) is 3.34. The van der Waals surface area contributed by atoms with E-state index in [0.29, 0.717) is 46.9 Å². The maximum Gasteiger partial charge on any atom is 0.231 e. The van der Waals surface area contributed by atoms with Crippen molar-refractivity contribution in [2.24, 2.45) is 5.92 Å². The van der Waals surface area contributed by atoms with Crippen LogP contribution in [0, 0.1) is 5.92 Å². The quantitative estimate of drug-likeness (QED) is 0.140. The number of ether oxygens (including phenoxy) is 3. The Kier molecular flexibility index (Phi) is 9.86. The van der Waals surface area contributed by atoms with Crippen LogP contribution >= 0.6 is 27.7 Å². The van der Waals surface area contributed by atoms with Gasteiger partial charge in [0, 0.05) is 27.5 Å². The smallest absolute Gasteiger partial charge is 0.231 e. The maximum absolute atomic E-state index is 14.0. The normalized spacial score (nSPS) is 18.5. The molecule has 5 nitrogen and oxygen atoms in total. The molecule has 0 saturated carbocycles. The summed E-state index contributed by atoms with van der Waals surface area (Å²) in [7, 11) is -2.20. The Morgan fingerprint density at radius 3 is 2.36 bits per heavy atom. The molecule has 0 amide bonds. The molecule has 0 spiro atoms. The van der Waals surface area contributed by atoms with E-state index in [1.807, 2.05) is 42.5 Å². The molecule has 1 aliphatic carbocycles. The molecule has 0 saturated heterocycles. The highest BCUT2D eigenvalue weighted by Crippen LogP contribution is 2.49. The predicted octanol–water partition coefficient (Wildman–Crippen LogP) is 8.95. The van der Waals surface area contributed by atoms with E-state index in [-0.39, 0.29) is 17.8 Å². The Balaban J connectivity index is 1.79. The third-order valence-electron chi connectivity index (χ3n) is 7.85. The number of rotatable bonds is 11. The zero-order chi connectivity index (χ0) is 28.3. The topological polar surface area (TPSA) is 54.0 Å². The summed E-state index contributed by atoms with van der Waals surface area (Å²) in [6.45, 7) is 18.5. The van der Waals surface area contributed by atoms with E-state index >= 15 is 0 Å². The SMILES string of the molecule is C=CCO[C@H]1c2cc3c(cc2C=C(C(=O)Sc2ccccc2Br)[C@@H]1CO[Si](C(C)C)(C(C)C)C(C)C)OCO3. The number of hydrogen-bond donors (Lipinski definition) is 0. The van der Waals surface area contributed by atoms with Crippen LogP contribution in [0.2, 0.25) is 16.6 Å². The lowest BCUT2D eigenvalue weighted by Crippen LogP contribution is -2.49. The van der Waals surface area contributed by atoms with Crippen LogP contribution in [0.25, 0.3) is 6.08 Å². The molecule has 0 aromatic heterocycles. The third kappa shape index (κ3) is 6.10. The van der Waals surface area contributed by atoms with Crippen LogP contribution in [0.5, 0.6) is 11.5 Å². The molecule has 2 aliphatic rings. The number of halogens is 1. The first-order chi connectivity index (χ1) is 18.6. The summed E-state index contributed by atoms with van der Waals surface area (Å²) in [5.74, 6) is 1.09. The summed E-state index contributed by atoms with van der Waals surface area (Å²) in [6, 6.07) is 11.7. The predicted molar refractivity (Wildman–Crippen MR) is 165 cm³/mol. The van der Waals surface area contributed by atoms with Crippen LogP contribution in [0.3, 0.4) is 0 Å². The second-order valence-corrected chi connectivity index (χ2v) is 18.4. The lowest BCUT2D eigenvalue weighted by Gasteiger charge is -2.44. The van der Waals surface area contributed by atoms with E-state index in [4.69, 9.17) is 18.6 Å². The first kappa shape index (κ1) is 30.1. The van der Waals surface area contributed by atoms with Gasteiger partial charge < -0.3 is 18.6 Å². The van der Waals surface area contributed by atoms with Gasteiger partial charge in [0.05, 0.1) is 12.7 Å². The fourth-order valence-electron chi connectivity index (χ4n) is 6.18. The van der Waals surface area contributed by atoms with Gasteiger partial charge in [0.1, 0.15) is 0 Å². The molecule has 0 radical (unpaired) electrons. The summed E-state index contributed by atoms with van der Waals surface area (Å²) < 4.78 is 25.8. The largest absolute Gasteiger partial charge is 0.454 e. The van der Waals surface area contributed by atoms with Crippen molar-refractivity contribution in [3.8, 4) is 11.5 Å². The van der Waals surface area contributed by atoms with Gasteiger partial charge in [-0.3, -0.25) is 4.79 Å². The molecule has 0 unspecified atom stereocenters. The molecule has 0 bridgehead atoms. The lowest BCUT2D eigenvalue weighted by molar-refractivity contribution is -0.109. The van der Waals surface area contributed by atoms with E-state index in [2.05, 4.69) is 64.1 Å². The van der Waals surface area contributed by atoms with Crippen molar-refractivity contribution in [3.63, 3.8) is 0 Å². The van der Waals surface area contributed by atoms with E-state index in [1.165, 1.54) is 11.8 Å². The highest BCUT2D eigenvalue weighted by Gasteiger charge is 2.47. The molecular weight excluding hydrogens is 592 g/mol. The fraction of sp³-hybridized carbons (Fsp3) is 0.452. The molecule has 1 aliphatic heterocycles. The Morgan fingerprint density at radius 2 is 1.74 bits per heavy atom. The Hall–Kier alpha value is -1.84. The van der Waals surface area contributed by atoms with Crippen LogP contribution in [-0.2, 0) is 14.0 Å². The minimum absolute atomic E-state index is 0.0167. The fourth-order valence-corrected chi connectivity index (χ4v) is 13.0. The van der Waals surface area contributed by atoms with E-state index in [1.54, 1.807) is 6.08 Å². The van der Waals surface area contributed by atoms with E-state index < -0.39 is 14.4 Å². The first-order valence-electron chi connectivity index (χ1n) is 13.6. The highest BCUT2D eigenvalue weighted by atomic mass is 79.9. The minimum Gasteiger partial charge on any atom is -0.454 e. The lowest BCUT2D eigenvalue weighted by atomic mass is 9.81. The van der Waals surface area contributed by atoms with Crippen molar-refractivity contribution < 1.29 is 23.4 Å².